The Morgan fingerprint density at radius 1 is 1.14 bits per heavy atom. The van der Waals surface area contributed by atoms with Crippen LogP contribution in [0, 0.1) is 5.82 Å². The molecule has 0 aromatic heterocycles. The Kier molecular flexibility index (Phi) is 4.54. The maximum absolute atomic E-state index is 13.7. The molecule has 0 N–H and O–H groups in total. The van der Waals surface area contributed by atoms with Crippen LogP contribution in [0.2, 0.25) is 0 Å². The molecule has 0 aliphatic heterocycles. The molecule has 2 rings (SSSR count). The van der Waals surface area contributed by atoms with Crippen LogP contribution >= 0.6 is 11.6 Å². The lowest BCUT2D eigenvalue weighted by Gasteiger charge is -2.12. The van der Waals surface area contributed by atoms with Gasteiger partial charge >= 0.3 is 0 Å². The summed E-state index contributed by atoms with van der Waals surface area (Å²) in [5.74, 6) is -0.382. The average molecular weight is 329 g/mol. The van der Waals surface area contributed by atoms with Gasteiger partial charge in [-0.25, -0.2) is 12.8 Å². The monoisotopic (exact) mass is 328 g/mol. The average Bonchev–Trinajstić information content (AvgIpc) is 2.45. The second-order valence-electron chi connectivity index (χ2n) is 4.60. The van der Waals surface area contributed by atoms with Crippen molar-refractivity contribution >= 4 is 21.4 Å². The van der Waals surface area contributed by atoms with Gasteiger partial charge in [-0.3, -0.25) is 0 Å². The van der Waals surface area contributed by atoms with Crippen LogP contribution in [0.25, 0.3) is 0 Å². The van der Waals surface area contributed by atoms with E-state index in [0.29, 0.717) is 11.1 Å². The number of sulfone groups is 1. The molecular formula is C15H14ClFO3S. The molecule has 0 aliphatic carbocycles. The third-order valence-corrected chi connectivity index (χ3v) is 4.66. The zero-order valence-corrected chi connectivity index (χ0v) is 13.1. The van der Waals surface area contributed by atoms with E-state index in [4.69, 9.17) is 16.3 Å². The van der Waals surface area contributed by atoms with Gasteiger partial charge in [-0.15, -0.1) is 11.6 Å². The van der Waals surface area contributed by atoms with Gasteiger partial charge in [0.2, 0.25) is 0 Å². The first-order chi connectivity index (χ1) is 9.82. The van der Waals surface area contributed by atoms with Crippen molar-refractivity contribution < 1.29 is 17.5 Å². The van der Waals surface area contributed by atoms with Gasteiger partial charge in [0.1, 0.15) is 0 Å². The summed E-state index contributed by atoms with van der Waals surface area (Å²) in [7, 11) is -1.93. The minimum absolute atomic E-state index is 0.132. The van der Waals surface area contributed by atoms with Crippen molar-refractivity contribution in [2.24, 2.45) is 0 Å². The van der Waals surface area contributed by atoms with Crippen molar-refractivity contribution in [1.82, 2.24) is 0 Å². The Bertz CT molecular complexity index is 759. The van der Waals surface area contributed by atoms with Gasteiger partial charge in [0.05, 0.1) is 17.4 Å². The van der Waals surface area contributed by atoms with E-state index in [1.165, 1.54) is 31.4 Å². The van der Waals surface area contributed by atoms with Crippen LogP contribution in [-0.4, -0.2) is 21.8 Å². The lowest BCUT2D eigenvalue weighted by atomic mass is 10.0. The maximum atomic E-state index is 13.7. The van der Waals surface area contributed by atoms with Crippen molar-refractivity contribution in [3.05, 3.63) is 59.4 Å². The molecule has 0 fully saturated rings. The largest absolute Gasteiger partial charge is 0.494 e. The van der Waals surface area contributed by atoms with Crippen LogP contribution in [0.4, 0.5) is 4.39 Å². The van der Waals surface area contributed by atoms with Crippen molar-refractivity contribution in [2.75, 3.05) is 13.4 Å². The minimum Gasteiger partial charge on any atom is -0.494 e. The van der Waals surface area contributed by atoms with Crippen LogP contribution in [0.5, 0.6) is 5.75 Å². The molecule has 21 heavy (non-hydrogen) atoms. The molecule has 0 aliphatic rings. The smallest absolute Gasteiger partial charge is 0.175 e. The molecule has 6 heteroatoms. The molecule has 2 aromatic rings. The van der Waals surface area contributed by atoms with Gasteiger partial charge in [-0.1, -0.05) is 18.2 Å². The molecular weight excluding hydrogens is 315 g/mol. The fraction of sp³-hybridized carbons (Fsp3) is 0.200. The summed E-state index contributed by atoms with van der Waals surface area (Å²) >= 11 is 6.32. The van der Waals surface area contributed by atoms with Crippen LogP contribution < -0.4 is 4.74 Å². The summed E-state index contributed by atoms with van der Waals surface area (Å²) in [4.78, 5) is 0.180. The number of halogens is 2. The van der Waals surface area contributed by atoms with Crippen molar-refractivity contribution in [3.8, 4) is 5.75 Å². The van der Waals surface area contributed by atoms with Gasteiger partial charge in [0.25, 0.3) is 0 Å². The number of ether oxygens (including phenoxy) is 1. The summed E-state index contributed by atoms with van der Waals surface area (Å²) in [6.07, 6.45) is 1.13. The van der Waals surface area contributed by atoms with Gasteiger partial charge in [-0.05, 0) is 35.4 Å². The minimum atomic E-state index is -3.31. The van der Waals surface area contributed by atoms with Gasteiger partial charge in [-0.2, -0.15) is 0 Å². The molecule has 1 atom stereocenters. The van der Waals surface area contributed by atoms with E-state index in [2.05, 4.69) is 0 Å². The molecule has 0 saturated carbocycles. The zero-order valence-electron chi connectivity index (χ0n) is 11.5. The molecule has 0 amide bonds. The van der Waals surface area contributed by atoms with Crippen LogP contribution in [0.3, 0.4) is 0 Å². The van der Waals surface area contributed by atoms with E-state index >= 15 is 0 Å². The molecule has 0 heterocycles. The number of hydrogen-bond donors (Lipinski definition) is 0. The summed E-state index contributed by atoms with van der Waals surface area (Å²) in [6, 6.07) is 10.7. The van der Waals surface area contributed by atoms with Crippen molar-refractivity contribution in [1.29, 1.82) is 0 Å². The topological polar surface area (TPSA) is 43.4 Å². The standard InChI is InChI=1S/C15H14ClFO3S/c1-20-14-7-6-11(9-13(14)17)15(16)10-4-3-5-12(8-10)21(2,18)19/h3-9,15H,1-2H3. The summed E-state index contributed by atoms with van der Waals surface area (Å²) < 4.78 is 41.7. The van der Waals surface area contributed by atoms with Crippen molar-refractivity contribution in [2.45, 2.75) is 10.3 Å². The van der Waals surface area contributed by atoms with E-state index in [1.807, 2.05) is 0 Å². The van der Waals surface area contributed by atoms with E-state index < -0.39 is 21.0 Å². The maximum Gasteiger partial charge on any atom is 0.175 e. The third-order valence-electron chi connectivity index (χ3n) is 3.05. The van der Waals surface area contributed by atoms with Gasteiger partial charge < -0.3 is 4.74 Å². The predicted molar refractivity (Wildman–Crippen MR) is 80.2 cm³/mol. The Morgan fingerprint density at radius 3 is 2.38 bits per heavy atom. The SMILES string of the molecule is COc1ccc(C(Cl)c2cccc(S(C)(=O)=O)c2)cc1F. The predicted octanol–water partition coefficient (Wildman–Crippen LogP) is 3.57. The Balaban J connectivity index is 2.40. The highest BCUT2D eigenvalue weighted by Crippen LogP contribution is 2.32. The first-order valence-electron chi connectivity index (χ1n) is 6.10. The highest BCUT2D eigenvalue weighted by atomic mass is 35.5. The Morgan fingerprint density at radius 2 is 1.81 bits per heavy atom. The second-order valence-corrected chi connectivity index (χ2v) is 7.05. The normalized spacial score (nSPS) is 13.0. The van der Waals surface area contributed by atoms with Crippen LogP contribution in [-0.2, 0) is 9.84 Å². The van der Waals surface area contributed by atoms with Crippen LogP contribution in [0.1, 0.15) is 16.5 Å². The van der Waals surface area contributed by atoms with E-state index in [-0.39, 0.29) is 10.6 Å². The fourth-order valence-corrected chi connectivity index (χ4v) is 2.88. The van der Waals surface area contributed by atoms with E-state index in [1.54, 1.807) is 18.2 Å². The molecule has 0 radical (unpaired) electrons. The van der Waals surface area contributed by atoms with Gasteiger partial charge in [0, 0.05) is 6.26 Å². The lowest BCUT2D eigenvalue weighted by Crippen LogP contribution is -2.00. The van der Waals surface area contributed by atoms with E-state index in [0.717, 1.165) is 6.26 Å². The van der Waals surface area contributed by atoms with E-state index in [9.17, 15) is 12.8 Å². The molecule has 2 aromatic carbocycles. The number of rotatable bonds is 4. The number of methoxy groups -OCH3 is 1. The highest BCUT2D eigenvalue weighted by molar-refractivity contribution is 7.90. The second kappa shape index (κ2) is 6.03. The number of hydrogen-bond acceptors (Lipinski definition) is 3. The van der Waals surface area contributed by atoms with Gasteiger partial charge in [0.15, 0.2) is 21.4 Å². The molecule has 0 saturated heterocycles. The molecule has 3 nitrogen and oxygen atoms in total. The molecule has 112 valence electrons. The summed E-state index contributed by atoms with van der Waals surface area (Å²) in [5.41, 5.74) is 1.12. The highest BCUT2D eigenvalue weighted by Gasteiger charge is 2.16. The summed E-state index contributed by atoms with van der Waals surface area (Å²) in [6.45, 7) is 0. The Labute approximate surface area is 128 Å². The van der Waals surface area contributed by atoms with Crippen LogP contribution in [0.15, 0.2) is 47.4 Å². The third kappa shape index (κ3) is 3.54. The lowest BCUT2D eigenvalue weighted by molar-refractivity contribution is 0.386. The number of benzene rings is 2. The molecule has 0 bridgehead atoms. The number of alkyl halides is 1. The first kappa shape index (κ1) is 15.8. The molecule has 0 spiro atoms. The molecule has 1 unspecified atom stereocenters. The summed E-state index contributed by atoms with van der Waals surface area (Å²) in [5, 5.41) is -0.646. The Hall–Kier alpha value is -1.59. The fourth-order valence-electron chi connectivity index (χ4n) is 1.94. The zero-order chi connectivity index (χ0) is 15.6. The quantitative estimate of drug-likeness (QED) is 0.806. The van der Waals surface area contributed by atoms with Crippen molar-refractivity contribution in [3.63, 3.8) is 0 Å². The first-order valence-corrected chi connectivity index (χ1v) is 8.43.